The van der Waals surface area contributed by atoms with Gasteiger partial charge in [0.25, 0.3) is 0 Å². The van der Waals surface area contributed by atoms with E-state index in [4.69, 9.17) is 36.2 Å². The van der Waals surface area contributed by atoms with Crippen molar-refractivity contribution >= 4 is 23.5 Å². The van der Waals surface area contributed by atoms with Crippen LogP contribution in [0, 0.1) is 12.8 Å². The molecule has 1 saturated heterocycles. The van der Waals surface area contributed by atoms with Crippen LogP contribution in [0.2, 0.25) is 5.02 Å². The number of likely N-dealkylation sites (tertiary alicyclic amines) is 1. The smallest absolute Gasteiger partial charge is 0.475 e. The molecule has 1 unspecified atom stereocenters. The molecule has 11 heteroatoms. The number of aryl methyl sites for hydroxylation is 1. The van der Waals surface area contributed by atoms with Crippen molar-refractivity contribution in [2.75, 3.05) is 31.6 Å². The van der Waals surface area contributed by atoms with E-state index in [1.54, 1.807) is 0 Å². The largest absolute Gasteiger partial charge is 0.490 e. The molecule has 1 spiro atoms. The predicted molar refractivity (Wildman–Crippen MR) is 124 cm³/mol. The SMILES string of the molecule is Cc1nc(NCC2CC2)nc2c1COCC21CCN(Cc2cccc(Cl)c2)C1.O=C(O)C(F)(F)F. The van der Waals surface area contributed by atoms with Crippen LogP contribution in [0.1, 0.15) is 41.8 Å². The maximum atomic E-state index is 10.6. The number of aliphatic carboxylic acids is 1. The Hall–Kier alpha value is -2.43. The van der Waals surface area contributed by atoms with Crippen molar-refractivity contribution in [2.45, 2.75) is 50.9 Å². The highest BCUT2D eigenvalue weighted by Crippen LogP contribution is 2.41. The van der Waals surface area contributed by atoms with Crippen molar-refractivity contribution in [1.29, 1.82) is 0 Å². The first-order chi connectivity index (χ1) is 16.6. The van der Waals surface area contributed by atoms with Crippen molar-refractivity contribution in [2.24, 2.45) is 5.92 Å². The minimum absolute atomic E-state index is 0.0319. The molecule has 2 N–H and O–H groups in total. The van der Waals surface area contributed by atoms with E-state index >= 15 is 0 Å². The predicted octanol–water partition coefficient (Wildman–Crippen LogP) is 4.57. The molecule has 1 aromatic carbocycles. The van der Waals surface area contributed by atoms with Gasteiger partial charge in [-0.05, 0) is 56.3 Å². The van der Waals surface area contributed by atoms with Crippen molar-refractivity contribution in [3.05, 3.63) is 51.8 Å². The van der Waals surface area contributed by atoms with Crippen LogP contribution in [-0.4, -0.2) is 58.4 Å². The van der Waals surface area contributed by atoms with Crippen molar-refractivity contribution in [1.82, 2.24) is 14.9 Å². The van der Waals surface area contributed by atoms with Gasteiger partial charge >= 0.3 is 12.1 Å². The summed E-state index contributed by atoms with van der Waals surface area (Å²) in [5, 5.41) is 11.4. The number of alkyl halides is 3. The molecule has 3 aliphatic rings. The summed E-state index contributed by atoms with van der Waals surface area (Å²) >= 11 is 6.17. The van der Waals surface area contributed by atoms with E-state index in [0.29, 0.717) is 6.61 Å². The summed E-state index contributed by atoms with van der Waals surface area (Å²) in [6.45, 7) is 7.36. The quantitative estimate of drug-likeness (QED) is 0.607. The third-order valence-electron chi connectivity index (χ3n) is 6.56. The first-order valence-electron chi connectivity index (χ1n) is 11.5. The first kappa shape index (κ1) is 25.7. The van der Waals surface area contributed by atoms with Crippen LogP contribution in [0.3, 0.4) is 0 Å². The van der Waals surface area contributed by atoms with E-state index in [2.05, 4.69) is 29.3 Å². The van der Waals surface area contributed by atoms with Crippen molar-refractivity contribution in [3.8, 4) is 0 Å². The Morgan fingerprint density at radius 1 is 1.34 bits per heavy atom. The monoisotopic (exact) mass is 512 g/mol. The molecule has 7 nitrogen and oxygen atoms in total. The first-order valence-corrected chi connectivity index (χ1v) is 11.9. The van der Waals surface area contributed by atoms with Gasteiger partial charge in [0.1, 0.15) is 0 Å². The molecule has 190 valence electrons. The number of aromatic nitrogens is 2. The minimum atomic E-state index is -5.08. The van der Waals surface area contributed by atoms with E-state index in [0.717, 1.165) is 61.8 Å². The molecule has 2 aromatic rings. The van der Waals surface area contributed by atoms with Crippen molar-refractivity contribution in [3.63, 3.8) is 0 Å². The van der Waals surface area contributed by atoms with E-state index in [1.807, 2.05) is 12.1 Å². The standard InChI is InChI=1S/C22H27ClN4O.C2HF3O2/c1-15-19-12-28-14-22(20(19)26-21(25-15)24-10-16-5-6-16)7-8-27(13-22)11-17-3-2-4-18(23)9-17;3-2(4,5)1(6)7/h2-4,9,16H,5-8,10-14H2,1H3,(H,24,25,26);(H,6,7). The summed E-state index contributed by atoms with van der Waals surface area (Å²) in [5.41, 5.74) is 4.67. The number of anilines is 1. The van der Waals surface area contributed by atoms with Crippen molar-refractivity contribution < 1.29 is 27.8 Å². The van der Waals surface area contributed by atoms with Gasteiger partial charge in [0.2, 0.25) is 5.95 Å². The topological polar surface area (TPSA) is 87.6 Å². The molecule has 3 heterocycles. The van der Waals surface area contributed by atoms with Gasteiger partial charge < -0.3 is 15.2 Å². The lowest BCUT2D eigenvalue weighted by atomic mass is 9.80. The Bertz CT molecular complexity index is 1080. The number of hydrogen-bond donors (Lipinski definition) is 2. The fourth-order valence-corrected chi connectivity index (χ4v) is 4.77. The number of nitrogens with one attached hydrogen (secondary N) is 1. The second-order valence-corrected chi connectivity index (χ2v) is 9.89. The molecule has 2 fully saturated rings. The maximum Gasteiger partial charge on any atom is 0.490 e. The average Bonchev–Trinajstić information content (AvgIpc) is 3.54. The van der Waals surface area contributed by atoms with Gasteiger partial charge in [-0.3, -0.25) is 4.90 Å². The molecule has 0 bridgehead atoms. The Balaban J connectivity index is 0.000000364. The number of carboxylic acid groups (broad SMARTS) is 1. The highest BCUT2D eigenvalue weighted by molar-refractivity contribution is 6.30. The molecule has 1 atom stereocenters. The molecule has 0 radical (unpaired) electrons. The summed E-state index contributed by atoms with van der Waals surface area (Å²) in [7, 11) is 0. The Kier molecular flexibility index (Phi) is 7.54. The van der Waals surface area contributed by atoms with Gasteiger partial charge in [0.05, 0.1) is 24.3 Å². The molecule has 1 saturated carbocycles. The van der Waals surface area contributed by atoms with E-state index in [1.165, 1.54) is 29.7 Å². The number of carboxylic acids is 1. The Morgan fingerprint density at radius 3 is 2.74 bits per heavy atom. The second kappa shape index (κ2) is 10.3. The zero-order valence-corrected chi connectivity index (χ0v) is 20.1. The molecule has 1 aromatic heterocycles. The van der Waals surface area contributed by atoms with E-state index in [-0.39, 0.29) is 5.41 Å². The summed E-state index contributed by atoms with van der Waals surface area (Å²) in [6.07, 6.45) is -1.36. The van der Waals surface area contributed by atoms with E-state index < -0.39 is 12.1 Å². The van der Waals surface area contributed by atoms with Crippen LogP contribution >= 0.6 is 11.6 Å². The van der Waals surface area contributed by atoms with Gasteiger partial charge in [-0.2, -0.15) is 13.2 Å². The number of hydrogen-bond acceptors (Lipinski definition) is 6. The number of ether oxygens (including phenoxy) is 1. The van der Waals surface area contributed by atoms with Crippen LogP contribution < -0.4 is 5.32 Å². The third kappa shape index (κ3) is 6.42. The molecule has 2 aliphatic heterocycles. The lowest BCUT2D eigenvalue weighted by Gasteiger charge is -2.35. The molecule has 0 amide bonds. The Labute approximate surface area is 206 Å². The average molecular weight is 513 g/mol. The van der Waals surface area contributed by atoms with Gasteiger partial charge in [-0.1, -0.05) is 23.7 Å². The Morgan fingerprint density at radius 2 is 2.09 bits per heavy atom. The summed E-state index contributed by atoms with van der Waals surface area (Å²) < 4.78 is 37.8. The maximum absolute atomic E-state index is 10.6. The van der Waals surface area contributed by atoms with E-state index in [9.17, 15) is 13.2 Å². The van der Waals surface area contributed by atoms with Gasteiger partial charge in [0.15, 0.2) is 0 Å². The number of benzene rings is 1. The molecular weight excluding hydrogens is 485 g/mol. The van der Waals surface area contributed by atoms with Crippen LogP contribution in [0.25, 0.3) is 0 Å². The highest BCUT2D eigenvalue weighted by Gasteiger charge is 2.45. The normalized spacial score (nSPS) is 21.9. The summed E-state index contributed by atoms with van der Waals surface area (Å²) in [4.78, 5) is 21.1. The van der Waals surface area contributed by atoms with Crippen LogP contribution in [0.4, 0.5) is 19.1 Å². The zero-order valence-electron chi connectivity index (χ0n) is 19.4. The molecule has 1 aliphatic carbocycles. The second-order valence-electron chi connectivity index (χ2n) is 9.45. The van der Waals surface area contributed by atoms with Crippen LogP contribution in [0.5, 0.6) is 0 Å². The number of rotatable bonds is 5. The van der Waals surface area contributed by atoms with Gasteiger partial charge in [-0.15, -0.1) is 0 Å². The number of fused-ring (bicyclic) bond motifs is 2. The highest BCUT2D eigenvalue weighted by atomic mass is 35.5. The van der Waals surface area contributed by atoms with Gasteiger partial charge in [-0.25, -0.2) is 14.8 Å². The van der Waals surface area contributed by atoms with Gasteiger partial charge in [0, 0.05) is 35.9 Å². The lowest BCUT2D eigenvalue weighted by molar-refractivity contribution is -0.192. The number of nitrogens with zero attached hydrogens (tertiary/aromatic N) is 3. The number of halogens is 4. The molecule has 5 rings (SSSR count). The fourth-order valence-electron chi connectivity index (χ4n) is 4.56. The van der Waals surface area contributed by atoms with Crippen LogP contribution in [-0.2, 0) is 28.1 Å². The zero-order chi connectivity index (χ0) is 25.2. The summed E-state index contributed by atoms with van der Waals surface area (Å²) in [6, 6.07) is 8.16. The molecular formula is C24H28ClF3N4O3. The minimum Gasteiger partial charge on any atom is -0.475 e. The summed E-state index contributed by atoms with van der Waals surface area (Å²) in [5.74, 6) is -1.16. The fraction of sp³-hybridized carbons (Fsp3) is 0.542. The number of carbonyl (C=O) groups is 1. The van der Waals surface area contributed by atoms with Crippen LogP contribution in [0.15, 0.2) is 24.3 Å². The lowest BCUT2D eigenvalue weighted by Crippen LogP contribution is -2.41. The molecule has 35 heavy (non-hydrogen) atoms. The third-order valence-corrected chi connectivity index (χ3v) is 6.79.